The predicted molar refractivity (Wildman–Crippen MR) is 64.6 cm³/mol. The molecule has 0 radical (unpaired) electrons. The molecule has 0 aliphatic rings. The zero-order valence-corrected chi connectivity index (χ0v) is 10.1. The van der Waals surface area contributed by atoms with E-state index < -0.39 is 5.91 Å². The second-order valence-corrected chi connectivity index (χ2v) is 3.97. The first-order chi connectivity index (χ1) is 8.08. The fraction of sp³-hybridized carbons (Fsp3) is 0.182. The third kappa shape index (κ3) is 3.64. The minimum absolute atomic E-state index is 0.186. The molecular weight excluding hydrogens is 261 g/mol. The van der Waals surface area contributed by atoms with Gasteiger partial charge in [0.2, 0.25) is 5.91 Å². The molecule has 0 bridgehead atoms. The Kier molecular flexibility index (Phi) is 4.78. The van der Waals surface area contributed by atoms with Crippen LogP contribution in [-0.4, -0.2) is 5.91 Å². The second-order valence-electron chi connectivity index (χ2n) is 3.15. The van der Waals surface area contributed by atoms with Gasteiger partial charge in [-0.25, -0.2) is 0 Å². The van der Waals surface area contributed by atoms with E-state index in [4.69, 9.17) is 33.7 Å². The Balaban J connectivity index is 2.99. The van der Waals surface area contributed by atoms with E-state index in [1.165, 1.54) is 0 Å². The molecule has 0 atom stereocenters. The number of amides is 1. The van der Waals surface area contributed by atoms with Crippen molar-refractivity contribution in [3.05, 3.63) is 27.7 Å². The van der Waals surface area contributed by atoms with Gasteiger partial charge in [0, 0.05) is 0 Å². The van der Waals surface area contributed by atoms with Crippen LogP contribution in [0, 0.1) is 22.7 Å². The van der Waals surface area contributed by atoms with Crippen molar-refractivity contribution in [2.24, 2.45) is 0 Å². The SMILES string of the molecule is N#CCC(=O)Nc1c(Cl)cc(CC#N)cc1Cl. The van der Waals surface area contributed by atoms with Crippen LogP contribution in [0.15, 0.2) is 12.1 Å². The van der Waals surface area contributed by atoms with Gasteiger partial charge in [-0.3, -0.25) is 4.79 Å². The summed E-state index contributed by atoms with van der Waals surface area (Å²) in [6.07, 6.45) is -0.0849. The molecule has 1 aromatic carbocycles. The van der Waals surface area contributed by atoms with Gasteiger partial charge in [-0.2, -0.15) is 10.5 Å². The van der Waals surface area contributed by atoms with E-state index in [0.29, 0.717) is 5.56 Å². The number of hydrogen-bond donors (Lipinski definition) is 1. The number of carbonyl (C=O) groups excluding carboxylic acids is 1. The molecule has 6 heteroatoms. The van der Waals surface area contributed by atoms with Gasteiger partial charge in [-0.1, -0.05) is 23.2 Å². The highest BCUT2D eigenvalue weighted by Gasteiger charge is 2.11. The first-order valence-electron chi connectivity index (χ1n) is 4.60. The van der Waals surface area contributed by atoms with Crippen LogP contribution in [0.3, 0.4) is 0 Å². The molecule has 1 amide bonds. The number of halogens is 2. The summed E-state index contributed by atoms with van der Waals surface area (Å²) in [5.74, 6) is -0.482. The zero-order valence-electron chi connectivity index (χ0n) is 8.63. The number of rotatable bonds is 3. The molecule has 0 aliphatic heterocycles. The number of anilines is 1. The molecule has 0 saturated heterocycles. The summed E-state index contributed by atoms with van der Waals surface area (Å²) in [5.41, 5.74) is 0.927. The molecule has 4 nitrogen and oxygen atoms in total. The monoisotopic (exact) mass is 267 g/mol. The topological polar surface area (TPSA) is 76.7 Å². The fourth-order valence-electron chi connectivity index (χ4n) is 1.19. The van der Waals surface area contributed by atoms with E-state index >= 15 is 0 Å². The number of benzene rings is 1. The highest BCUT2D eigenvalue weighted by molar-refractivity contribution is 6.39. The smallest absolute Gasteiger partial charge is 0.238 e. The van der Waals surface area contributed by atoms with Gasteiger partial charge < -0.3 is 5.32 Å². The van der Waals surface area contributed by atoms with Crippen molar-refractivity contribution in [3.63, 3.8) is 0 Å². The summed E-state index contributed by atoms with van der Waals surface area (Å²) in [5, 5.41) is 19.8. The summed E-state index contributed by atoms with van der Waals surface area (Å²) in [4.78, 5) is 11.2. The van der Waals surface area contributed by atoms with Crippen molar-refractivity contribution in [1.82, 2.24) is 0 Å². The van der Waals surface area contributed by atoms with E-state index in [2.05, 4.69) is 5.32 Å². The van der Waals surface area contributed by atoms with Gasteiger partial charge >= 0.3 is 0 Å². The van der Waals surface area contributed by atoms with Crippen molar-refractivity contribution in [2.75, 3.05) is 5.32 Å². The average molecular weight is 268 g/mol. The van der Waals surface area contributed by atoms with Crippen LogP contribution in [0.2, 0.25) is 10.0 Å². The molecule has 0 fully saturated rings. The number of nitrogens with zero attached hydrogens (tertiary/aromatic N) is 2. The number of nitrogens with one attached hydrogen (secondary N) is 1. The third-order valence-corrected chi connectivity index (χ3v) is 2.49. The molecule has 0 aromatic heterocycles. The molecule has 0 spiro atoms. The fourth-order valence-corrected chi connectivity index (χ4v) is 1.82. The normalized spacial score (nSPS) is 9.18. The van der Waals surface area contributed by atoms with Crippen molar-refractivity contribution in [3.8, 4) is 12.1 Å². The lowest BCUT2D eigenvalue weighted by atomic mass is 10.1. The maximum atomic E-state index is 11.2. The Labute approximate surface area is 108 Å². The van der Waals surface area contributed by atoms with Crippen molar-refractivity contribution < 1.29 is 4.79 Å². The molecular formula is C11H7Cl2N3O. The van der Waals surface area contributed by atoms with Gasteiger partial charge in [0.25, 0.3) is 0 Å². The largest absolute Gasteiger partial charge is 0.323 e. The van der Waals surface area contributed by atoms with E-state index in [1.807, 2.05) is 6.07 Å². The van der Waals surface area contributed by atoms with Crippen molar-refractivity contribution in [1.29, 1.82) is 10.5 Å². The van der Waals surface area contributed by atoms with Gasteiger partial charge in [0.1, 0.15) is 6.42 Å². The summed E-state index contributed by atoms with van der Waals surface area (Å²) in [6.45, 7) is 0. The van der Waals surface area contributed by atoms with Gasteiger partial charge in [0.15, 0.2) is 0 Å². The van der Waals surface area contributed by atoms with Crippen LogP contribution in [0.1, 0.15) is 12.0 Å². The standard InChI is InChI=1S/C11H7Cl2N3O/c12-8-5-7(1-3-14)6-9(13)11(8)16-10(17)2-4-15/h5-6H,1-2H2,(H,16,17). The van der Waals surface area contributed by atoms with E-state index in [-0.39, 0.29) is 28.6 Å². The minimum atomic E-state index is -0.482. The molecule has 1 N–H and O–H groups in total. The van der Waals surface area contributed by atoms with E-state index in [0.717, 1.165) is 0 Å². The van der Waals surface area contributed by atoms with Crippen molar-refractivity contribution >= 4 is 34.8 Å². The molecule has 17 heavy (non-hydrogen) atoms. The first-order valence-corrected chi connectivity index (χ1v) is 5.35. The Hall–Kier alpha value is -1.75. The van der Waals surface area contributed by atoms with Crippen LogP contribution in [-0.2, 0) is 11.2 Å². The summed E-state index contributed by atoms with van der Waals surface area (Å²) in [6, 6.07) is 6.80. The highest BCUT2D eigenvalue weighted by atomic mass is 35.5. The minimum Gasteiger partial charge on any atom is -0.323 e. The first kappa shape index (κ1) is 13.3. The molecule has 86 valence electrons. The van der Waals surface area contributed by atoms with Gasteiger partial charge in [-0.05, 0) is 17.7 Å². The Bertz CT molecular complexity index is 505. The quantitative estimate of drug-likeness (QED) is 0.915. The number of hydrogen-bond acceptors (Lipinski definition) is 3. The number of carbonyl (C=O) groups is 1. The maximum absolute atomic E-state index is 11.2. The molecule has 0 saturated carbocycles. The van der Waals surface area contributed by atoms with Crippen LogP contribution in [0.4, 0.5) is 5.69 Å². The summed E-state index contributed by atoms with van der Waals surface area (Å²) >= 11 is 11.8. The molecule has 0 aliphatic carbocycles. The number of nitriles is 2. The Morgan fingerprint density at radius 1 is 1.24 bits per heavy atom. The van der Waals surface area contributed by atoms with Gasteiger partial charge in [-0.15, -0.1) is 0 Å². The second kappa shape index (κ2) is 6.10. The highest BCUT2D eigenvalue weighted by Crippen LogP contribution is 2.32. The molecule has 1 rings (SSSR count). The lowest BCUT2D eigenvalue weighted by Gasteiger charge is -2.09. The molecule has 1 aromatic rings. The third-order valence-electron chi connectivity index (χ3n) is 1.89. The molecule has 0 unspecified atom stereocenters. The lowest BCUT2D eigenvalue weighted by molar-refractivity contribution is -0.115. The van der Waals surface area contributed by atoms with Crippen LogP contribution in [0.25, 0.3) is 0 Å². The lowest BCUT2D eigenvalue weighted by Crippen LogP contribution is -2.11. The summed E-state index contributed by atoms with van der Waals surface area (Å²) in [7, 11) is 0. The predicted octanol–water partition coefficient (Wildman–Crippen LogP) is 2.91. The summed E-state index contributed by atoms with van der Waals surface area (Å²) < 4.78 is 0. The Morgan fingerprint density at radius 2 is 1.82 bits per heavy atom. The molecule has 0 heterocycles. The Morgan fingerprint density at radius 3 is 2.29 bits per heavy atom. The maximum Gasteiger partial charge on any atom is 0.238 e. The van der Waals surface area contributed by atoms with Crippen LogP contribution in [0.5, 0.6) is 0 Å². The van der Waals surface area contributed by atoms with Crippen LogP contribution < -0.4 is 5.32 Å². The average Bonchev–Trinajstić information content (AvgIpc) is 2.24. The van der Waals surface area contributed by atoms with Crippen molar-refractivity contribution in [2.45, 2.75) is 12.8 Å². The van der Waals surface area contributed by atoms with E-state index in [1.54, 1.807) is 18.2 Å². The van der Waals surface area contributed by atoms with Crippen LogP contribution >= 0.6 is 23.2 Å². The zero-order chi connectivity index (χ0) is 12.8. The van der Waals surface area contributed by atoms with E-state index in [9.17, 15) is 4.79 Å². The van der Waals surface area contributed by atoms with Gasteiger partial charge in [0.05, 0.1) is 34.3 Å².